The zero-order valence-electron chi connectivity index (χ0n) is 14.5. The van der Waals surface area contributed by atoms with Crippen molar-refractivity contribution in [2.75, 3.05) is 19.6 Å². The van der Waals surface area contributed by atoms with E-state index in [-0.39, 0.29) is 30.7 Å². The molecule has 0 saturated carbocycles. The molecule has 1 fully saturated rings. The largest absolute Gasteiger partial charge is 0.352 e. The Morgan fingerprint density at radius 2 is 2.16 bits per heavy atom. The number of carbonyl (C=O) groups excluding carboxylic acids is 1. The van der Waals surface area contributed by atoms with Gasteiger partial charge in [0.2, 0.25) is 0 Å². The molecule has 0 spiro atoms. The molecule has 0 bridgehead atoms. The first-order valence-electron chi connectivity index (χ1n) is 8.12. The lowest BCUT2D eigenvalue weighted by Gasteiger charge is -2.22. The van der Waals surface area contributed by atoms with E-state index in [1.54, 1.807) is 16.9 Å². The van der Waals surface area contributed by atoms with Gasteiger partial charge in [0, 0.05) is 18.4 Å². The lowest BCUT2D eigenvalue weighted by Crippen LogP contribution is -2.38. The number of pyridine rings is 1. The number of halogens is 2. The molecule has 1 amide bonds. The first-order chi connectivity index (χ1) is 11.1. The van der Waals surface area contributed by atoms with Gasteiger partial charge in [-0.15, -0.1) is 24.8 Å². The molecule has 3 heterocycles. The first kappa shape index (κ1) is 21.4. The van der Waals surface area contributed by atoms with Crippen LogP contribution < -0.4 is 10.6 Å². The molecule has 2 N–H and O–H groups in total. The van der Waals surface area contributed by atoms with Crippen molar-refractivity contribution in [3.63, 3.8) is 0 Å². The van der Waals surface area contributed by atoms with E-state index in [0.717, 1.165) is 30.3 Å². The third-order valence-electron chi connectivity index (χ3n) is 4.19. The van der Waals surface area contributed by atoms with Gasteiger partial charge in [0.15, 0.2) is 5.82 Å². The highest BCUT2D eigenvalue weighted by molar-refractivity contribution is 5.93. The van der Waals surface area contributed by atoms with Crippen LogP contribution in [0.15, 0.2) is 24.4 Å². The minimum Gasteiger partial charge on any atom is -0.352 e. The summed E-state index contributed by atoms with van der Waals surface area (Å²) in [6, 6.07) is 5.63. The summed E-state index contributed by atoms with van der Waals surface area (Å²) >= 11 is 0. The number of piperidine rings is 1. The summed E-state index contributed by atoms with van der Waals surface area (Å²) in [5.41, 5.74) is 2.56. The van der Waals surface area contributed by atoms with Gasteiger partial charge in [-0.3, -0.25) is 4.79 Å². The van der Waals surface area contributed by atoms with Crippen LogP contribution in [0.4, 0.5) is 0 Å². The maximum atomic E-state index is 12.2. The summed E-state index contributed by atoms with van der Waals surface area (Å²) in [5, 5.41) is 10.8. The molecular formula is C17H25Cl2N5O. The second kappa shape index (κ2) is 9.75. The summed E-state index contributed by atoms with van der Waals surface area (Å²) in [5.74, 6) is 1.18. The molecule has 3 rings (SSSR count). The van der Waals surface area contributed by atoms with Crippen LogP contribution in [0.1, 0.15) is 34.6 Å². The highest BCUT2D eigenvalue weighted by atomic mass is 35.5. The van der Waals surface area contributed by atoms with E-state index in [4.69, 9.17) is 0 Å². The van der Waals surface area contributed by atoms with Crippen molar-refractivity contribution in [3.8, 4) is 5.82 Å². The molecule has 138 valence electrons. The Morgan fingerprint density at radius 3 is 2.72 bits per heavy atom. The molecule has 0 aromatic carbocycles. The van der Waals surface area contributed by atoms with Gasteiger partial charge in [-0.2, -0.15) is 5.10 Å². The van der Waals surface area contributed by atoms with Crippen LogP contribution in [0, 0.1) is 19.8 Å². The molecule has 0 radical (unpaired) electrons. The minimum atomic E-state index is -0.0667. The Labute approximate surface area is 160 Å². The fourth-order valence-corrected chi connectivity index (χ4v) is 2.94. The van der Waals surface area contributed by atoms with E-state index in [1.165, 1.54) is 12.8 Å². The van der Waals surface area contributed by atoms with Crippen LogP contribution in [-0.4, -0.2) is 40.3 Å². The maximum Gasteiger partial charge on any atom is 0.252 e. The molecule has 2 aromatic rings. The number of hydrogen-bond acceptors (Lipinski definition) is 4. The second-order valence-electron chi connectivity index (χ2n) is 6.17. The Bertz CT molecular complexity index is 681. The number of aryl methyl sites for hydroxylation is 2. The fraction of sp³-hybridized carbons (Fsp3) is 0.471. The molecule has 1 atom stereocenters. The van der Waals surface area contributed by atoms with Gasteiger partial charge in [0.1, 0.15) is 0 Å². The normalized spacial score (nSPS) is 16.5. The molecule has 1 aliphatic heterocycles. The topological polar surface area (TPSA) is 71.8 Å². The van der Waals surface area contributed by atoms with Gasteiger partial charge in [-0.1, -0.05) is 0 Å². The number of hydrogen-bond donors (Lipinski definition) is 2. The van der Waals surface area contributed by atoms with E-state index in [0.29, 0.717) is 18.0 Å². The molecule has 1 unspecified atom stereocenters. The molecule has 8 heteroatoms. The SMILES string of the molecule is Cc1cc(C)n(-c2ccc(C(=O)NCC3CCCNC3)cn2)n1.Cl.Cl. The van der Waals surface area contributed by atoms with Gasteiger partial charge in [-0.05, 0) is 63.9 Å². The van der Waals surface area contributed by atoms with Crippen molar-refractivity contribution >= 4 is 30.7 Å². The van der Waals surface area contributed by atoms with Crippen molar-refractivity contribution in [2.24, 2.45) is 5.92 Å². The predicted molar refractivity (Wildman–Crippen MR) is 103 cm³/mol. The summed E-state index contributed by atoms with van der Waals surface area (Å²) < 4.78 is 1.78. The zero-order chi connectivity index (χ0) is 16.2. The minimum absolute atomic E-state index is 0. The van der Waals surface area contributed by atoms with Crippen molar-refractivity contribution in [2.45, 2.75) is 26.7 Å². The number of rotatable bonds is 4. The average Bonchev–Trinajstić information content (AvgIpc) is 2.92. The number of aromatic nitrogens is 3. The smallest absolute Gasteiger partial charge is 0.252 e. The summed E-state index contributed by atoms with van der Waals surface area (Å²) in [7, 11) is 0. The molecular weight excluding hydrogens is 361 g/mol. The van der Waals surface area contributed by atoms with E-state index in [2.05, 4.69) is 20.7 Å². The Morgan fingerprint density at radius 1 is 1.36 bits per heavy atom. The number of carbonyl (C=O) groups is 1. The van der Waals surface area contributed by atoms with E-state index < -0.39 is 0 Å². The van der Waals surface area contributed by atoms with Crippen LogP contribution in [0.5, 0.6) is 0 Å². The van der Waals surface area contributed by atoms with E-state index >= 15 is 0 Å². The van der Waals surface area contributed by atoms with Crippen LogP contribution in [-0.2, 0) is 0 Å². The van der Waals surface area contributed by atoms with Crippen LogP contribution in [0.2, 0.25) is 0 Å². The number of nitrogens with zero attached hydrogens (tertiary/aromatic N) is 3. The molecule has 1 aliphatic rings. The van der Waals surface area contributed by atoms with Crippen LogP contribution in [0.25, 0.3) is 5.82 Å². The van der Waals surface area contributed by atoms with Crippen molar-refractivity contribution in [1.82, 2.24) is 25.4 Å². The van der Waals surface area contributed by atoms with Gasteiger partial charge >= 0.3 is 0 Å². The average molecular weight is 386 g/mol. The second-order valence-corrected chi connectivity index (χ2v) is 6.17. The summed E-state index contributed by atoms with van der Waals surface area (Å²) in [6.45, 7) is 6.72. The van der Waals surface area contributed by atoms with Gasteiger partial charge in [0.25, 0.3) is 5.91 Å². The molecule has 0 aliphatic carbocycles. The van der Waals surface area contributed by atoms with E-state index in [1.807, 2.05) is 26.0 Å². The van der Waals surface area contributed by atoms with Crippen LogP contribution in [0.3, 0.4) is 0 Å². The summed E-state index contributed by atoms with van der Waals surface area (Å²) in [4.78, 5) is 16.6. The standard InChI is InChI=1S/C17H23N5O.2ClH/c1-12-8-13(2)22(21-12)16-6-5-15(11-19-16)17(23)20-10-14-4-3-7-18-9-14;;/h5-6,8,11,14,18H,3-4,7,9-10H2,1-2H3,(H,20,23);2*1H. The van der Waals surface area contributed by atoms with Crippen molar-refractivity contribution in [3.05, 3.63) is 41.3 Å². The van der Waals surface area contributed by atoms with Crippen molar-refractivity contribution < 1.29 is 4.79 Å². The first-order valence-corrected chi connectivity index (χ1v) is 8.12. The fourth-order valence-electron chi connectivity index (χ4n) is 2.94. The molecule has 6 nitrogen and oxygen atoms in total. The van der Waals surface area contributed by atoms with Crippen molar-refractivity contribution in [1.29, 1.82) is 0 Å². The third-order valence-corrected chi connectivity index (χ3v) is 4.19. The Hall–Kier alpha value is -1.63. The van der Waals surface area contributed by atoms with Crippen LogP contribution >= 0.6 is 24.8 Å². The highest BCUT2D eigenvalue weighted by Gasteiger charge is 2.15. The summed E-state index contributed by atoms with van der Waals surface area (Å²) in [6.07, 6.45) is 3.96. The van der Waals surface area contributed by atoms with Gasteiger partial charge < -0.3 is 10.6 Å². The lowest BCUT2D eigenvalue weighted by atomic mass is 10.00. The Kier molecular flexibility index (Phi) is 8.35. The molecule has 25 heavy (non-hydrogen) atoms. The monoisotopic (exact) mass is 385 g/mol. The molecule has 1 saturated heterocycles. The predicted octanol–water partition coefficient (Wildman–Crippen LogP) is 2.46. The number of nitrogens with one attached hydrogen (secondary N) is 2. The maximum absolute atomic E-state index is 12.2. The highest BCUT2D eigenvalue weighted by Crippen LogP contribution is 2.11. The van der Waals surface area contributed by atoms with E-state index in [9.17, 15) is 4.79 Å². The third kappa shape index (κ3) is 5.42. The lowest BCUT2D eigenvalue weighted by molar-refractivity contribution is 0.0944. The quantitative estimate of drug-likeness (QED) is 0.847. The van der Waals surface area contributed by atoms with Gasteiger partial charge in [0.05, 0.1) is 11.3 Å². The zero-order valence-corrected chi connectivity index (χ0v) is 16.1. The van der Waals surface area contributed by atoms with Gasteiger partial charge in [-0.25, -0.2) is 9.67 Å². The molecule has 2 aromatic heterocycles. The Balaban J connectivity index is 0.00000156. The number of amides is 1.